The van der Waals surface area contributed by atoms with Crippen molar-refractivity contribution >= 4 is 11.7 Å². The van der Waals surface area contributed by atoms with E-state index >= 15 is 0 Å². The maximum Gasteiger partial charge on any atom is 0.270 e. The Labute approximate surface area is 61.1 Å². The first-order chi connectivity index (χ1) is 4.57. The van der Waals surface area contributed by atoms with Crippen LogP contribution < -0.4 is 0 Å². The first-order valence-electron chi connectivity index (χ1n) is 2.97. The van der Waals surface area contributed by atoms with Crippen LogP contribution in [0.5, 0.6) is 0 Å². The summed E-state index contributed by atoms with van der Waals surface area (Å²) in [6.07, 6.45) is 1.19. The van der Waals surface area contributed by atoms with Crippen molar-refractivity contribution in [3.05, 3.63) is 12.7 Å². The Kier molecular flexibility index (Phi) is 3.39. The maximum absolute atomic E-state index is 10.6. The van der Waals surface area contributed by atoms with Crippen LogP contribution in [0.25, 0.3) is 0 Å². The van der Waals surface area contributed by atoms with Crippen molar-refractivity contribution in [3.8, 4) is 0 Å². The van der Waals surface area contributed by atoms with Crippen LogP contribution in [-0.4, -0.2) is 30.7 Å². The van der Waals surface area contributed by atoms with Crippen LogP contribution in [0.15, 0.2) is 17.6 Å². The lowest BCUT2D eigenvalue weighted by Gasteiger charge is -2.09. The molecule has 10 heavy (non-hydrogen) atoms. The molecule has 0 aromatic rings. The van der Waals surface area contributed by atoms with Gasteiger partial charge in [0.05, 0.1) is 0 Å². The largest absolute Gasteiger partial charge is 0.366 e. The van der Waals surface area contributed by atoms with Crippen LogP contribution in [0.1, 0.15) is 6.92 Å². The van der Waals surface area contributed by atoms with Crippen LogP contribution in [0.3, 0.4) is 0 Å². The van der Waals surface area contributed by atoms with Crippen LogP contribution in [0.4, 0.5) is 0 Å². The van der Waals surface area contributed by atoms with Crippen LogP contribution in [0.2, 0.25) is 0 Å². The monoisotopic (exact) mass is 140 g/mol. The Balaban J connectivity index is 4.16. The fourth-order valence-corrected chi connectivity index (χ4v) is 0.305. The maximum atomic E-state index is 10.6. The van der Waals surface area contributed by atoms with Crippen molar-refractivity contribution in [2.24, 2.45) is 4.99 Å². The van der Waals surface area contributed by atoms with Crippen molar-refractivity contribution in [1.82, 2.24) is 4.90 Å². The number of rotatable bonds is 1. The lowest BCUT2D eigenvalue weighted by Crippen LogP contribution is -2.19. The lowest BCUT2D eigenvalue weighted by molar-refractivity contribution is -0.113. The molecule has 56 valence electrons. The molecule has 3 nitrogen and oxygen atoms in total. The fraction of sp³-hybridized carbons (Fsp3) is 0.429. The van der Waals surface area contributed by atoms with E-state index in [9.17, 15) is 4.79 Å². The standard InChI is InChI=1S/C7H12N2O/c1-5-7(10)8-6(2)9(3)4/h5H,1H2,2-4H3/b8-6+. The van der Waals surface area contributed by atoms with Gasteiger partial charge in [-0.25, -0.2) is 0 Å². The Morgan fingerprint density at radius 3 is 2.40 bits per heavy atom. The molecule has 0 bridgehead atoms. The van der Waals surface area contributed by atoms with E-state index in [0.29, 0.717) is 5.84 Å². The van der Waals surface area contributed by atoms with Crippen LogP contribution in [0, 0.1) is 0 Å². The van der Waals surface area contributed by atoms with E-state index in [-0.39, 0.29) is 5.91 Å². The predicted molar refractivity (Wildman–Crippen MR) is 42.0 cm³/mol. The number of nitrogens with zero attached hydrogens (tertiary/aromatic N) is 2. The van der Waals surface area contributed by atoms with Crippen LogP contribution >= 0.6 is 0 Å². The highest BCUT2D eigenvalue weighted by molar-refractivity contribution is 5.98. The zero-order valence-corrected chi connectivity index (χ0v) is 6.59. The summed E-state index contributed by atoms with van der Waals surface area (Å²) in [6.45, 7) is 5.06. The van der Waals surface area contributed by atoms with Gasteiger partial charge in [0.15, 0.2) is 0 Å². The smallest absolute Gasteiger partial charge is 0.270 e. The van der Waals surface area contributed by atoms with Crippen molar-refractivity contribution in [3.63, 3.8) is 0 Å². The van der Waals surface area contributed by atoms with E-state index in [1.165, 1.54) is 6.08 Å². The minimum atomic E-state index is -0.300. The molecule has 0 rings (SSSR count). The van der Waals surface area contributed by atoms with Gasteiger partial charge in [-0.1, -0.05) is 6.58 Å². The second-order valence-corrected chi connectivity index (χ2v) is 2.10. The van der Waals surface area contributed by atoms with E-state index in [0.717, 1.165) is 0 Å². The first kappa shape index (κ1) is 8.88. The molecule has 1 amide bonds. The van der Waals surface area contributed by atoms with Crippen LogP contribution in [-0.2, 0) is 4.79 Å². The molecule has 0 N–H and O–H groups in total. The summed E-state index contributed by atoms with van der Waals surface area (Å²) in [5, 5.41) is 0. The fourth-order valence-electron chi connectivity index (χ4n) is 0.305. The normalized spacial score (nSPS) is 10.9. The van der Waals surface area contributed by atoms with Gasteiger partial charge in [0.1, 0.15) is 5.84 Å². The zero-order valence-electron chi connectivity index (χ0n) is 6.59. The Bertz CT molecular complexity index is 170. The van der Waals surface area contributed by atoms with Gasteiger partial charge in [-0.05, 0) is 13.0 Å². The highest BCUT2D eigenvalue weighted by Gasteiger charge is 1.94. The summed E-state index contributed by atoms with van der Waals surface area (Å²) < 4.78 is 0. The lowest BCUT2D eigenvalue weighted by atomic mass is 10.5. The summed E-state index contributed by atoms with van der Waals surface area (Å²) in [4.78, 5) is 16.0. The minimum absolute atomic E-state index is 0.300. The molecule has 3 heteroatoms. The molecule has 0 spiro atoms. The highest BCUT2D eigenvalue weighted by atomic mass is 16.1. The molecule has 0 atom stereocenters. The molecule has 0 fully saturated rings. The van der Waals surface area contributed by atoms with Crippen molar-refractivity contribution in [2.45, 2.75) is 6.92 Å². The molecule has 0 unspecified atom stereocenters. The number of hydrogen-bond donors (Lipinski definition) is 0. The van der Waals surface area contributed by atoms with E-state index in [2.05, 4.69) is 11.6 Å². The van der Waals surface area contributed by atoms with Crippen molar-refractivity contribution in [1.29, 1.82) is 0 Å². The summed E-state index contributed by atoms with van der Waals surface area (Å²) in [7, 11) is 3.66. The van der Waals surface area contributed by atoms with Gasteiger partial charge in [0.25, 0.3) is 5.91 Å². The Hall–Kier alpha value is -1.12. The van der Waals surface area contributed by atoms with Gasteiger partial charge in [-0.3, -0.25) is 4.79 Å². The third-order valence-corrected chi connectivity index (χ3v) is 1.09. The summed E-state index contributed by atoms with van der Waals surface area (Å²) >= 11 is 0. The molecule has 0 aliphatic heterocycles. The van der Waals surface area contributed by atoms with Gasteiger partial charge in [-0.2, -0.15) is 4.99 Å². The summed E-state index contributed by atoms with van der Waals surface area (Å²) in [5.41, 5.74) is 0. The molecule has 0 saturated carbocycles. The van der Waals surface area contributed by atoms with Gasteiger partial charge < -0.3 is 4.90 Å². The molecule has 0 aromatic heterocycles. The molecular formula is C7H12N2O. The molecular weight excluding hydrogens is 128 g/mol. The quantitative estimate of drug-likeness (QED) is 0.305. The highest BCUT2D eigenvalue weighted by Crippen LogP contribution is 1.84. The van der Waals surface area contributed by atoms with Crippen molar-refractivity contribution < 1.29 is 4.79 Å². The molecule has 0 heterocycles. The van der Waals surface area contributed by atoms with Gasteiger partial charge in [-0.15, -0.1) is 0 Å². The predicted octanol–water partition coefficient (Wildman–Crippen LogP) is 0.679. The summed E-state index contributed by atoms with van der Waals surface area (Å²) in [6, 6.07) is 0. The molecule has 0 aliphatic carbocycles. The molecule has 0 saturated heterocycles. The minimum Gasteiger partial charge on any atom is -0.366 e. The van der Waals surface area contributed by atoms with Gasteiger partial charge in [0, 0.05) is 14.1 Å². The average molecular weight is 140 g/mol. The Morgan fingerprint density at radius 2 is 2.10 bits per heavy atom. The summed E-state index contributed by atoms with van der Waals surface area (Å²) in [5.74, 6) is 0.385. The Morgan fingerprint density at radius 1 is 1.60 bits per heavy atom. The zero-order chi connectivity index (χ0) is 8.15. The number of amidine groups is 1. The second-order valence-electron chi connectivity index (χ2n) is 2.10. The second kappa shape index (κ2) is 3.82. The van der Waals surface area contributed by atoms with E-state index < -0.39 is 0 Å². The van der Waals surface area contributed by atoms with E-state index in [4.69, 9.17) is 0 Å². The SMILES string of the molecule is C=CC(=O)/N=C(\C)N(C)C. The third-order valence-electron chi connectivity index (χ3n) is 1.09. The van der Waals surface area contributed by atoms with Crippen molar-refractivity contribution in [2.75, 3.05) is 14.1 Å². The van der Waals surface area contributed by atoms with Gasteiger partial charge >= 0.3 is 0 Å². The average Bonchev–Trinajstić information content (AvgIpc) is 1.87. The van der Waals surface area contributed by atoms with E-state index in [1.807, 2.05) is 14.1 Å². The van der Waals surface area contributed by atoms with E-state index in [1.54, 1.807) is 11.8 Å². The molecule has 0 aliphatic rings. The number of hydrogen-bond acceptors (Lipinski definition) is 1. The molecule has 0 aromatic carbocycles. The first-order valence-corrected chi connectivity index (χ1v) is 2.97. The molecule has 0 radical (unpaired) electrons. The third kappa shape index (κ3) is 3.02. The number of aliphatic imine (C=N–C) groups is 1. The number of carbonyl (C=O) groups is 1. The topological polar surface area (TPSA) is 32.7 Å². The number of carbonyl (C=O) groups excluding carboxylic acids is 1. The van der Waals surface area contributed by atoms with Gasteiger partial charge in [0.2, 0.25) is 0 Å². The number of amides is 1.